The maximum atomic E-state index is 13.0. The van der Waals surface area contributed by atoms with Gasteiger partial charge in [-0.15, -0.1) is 0 Å². The smallest absolute Gasteiger partial charge is 0.361 e. The van der Waals surface area contributed by atoms with Crippen molar-refractivity contribution in [2.24, 2.45) is 0 Å². The highest BCUT2D eigenvalue weighted by Gasteiger charge is 2.39. The Morgan fingerprint density at radius 3 is 2.43 bits per heavy atom. The van der Waals surface area contributed by atoms with Crippen LogP contribution in [0.5, 0.6) is 0 Å². The van der Waals surface area contributed by atoms with Crippen molar-refractivity contribution in [2.45, 2.75) is 50.9 Å². The average molecular weight is 395 g/mol. The van der Waals surface area contributed by atoms with Crippen molar-refractivity contribution >= 4 is 11.7 Å². The number of hydrogen-bond donors (Lipinski definition) is 0. The molecule has 0 atom stereocenters. The molecule has 2 aliphatic rings. The van der Waals surface area contributed by atoms with Crippen molar-refractivity contribution in [3.05, 3.63) is 35.6 Å². The van der Waals surface area contributed by atoms with Crippen LogP contribution in [0.4, 0.5) is 19.0 Å². The third-order valence-electron chi connectivity index (χ3n) is 5.27. The minimum Gasteiger partial charge on any atom is -0.361 e. The van der Waals surface area contributed by atoms with Crippen molar-refractivity contribution < 1.29 is 22.5 Å². The number of anilines is 1. The number of amides is 1. The largest absolute Gasteiger partial charge is 0.433 e. The van der Waals surface area contributed by atoms with Gasteiger partial charge in [-0.2, -0.15) is 13.2 Å². The van der Waals surface area contributed by atoms with Crippen LogP contribution in [0.1, 0.15) is 47.5 Å². The number of aryl methyl sites for hydroxylation is 1. The van der Waals surface area contributed by atoms with E-state index in [-0.39, 0.29) is 18.0 Å². The Balaban J connectivity index is 1.48. The van der Waals surface area contributed by atoms with Crippen LogP contribution in [0.3, 0.4) is 0 Å². The average Bonchev–Trinajstić information content (AvgIpc) is 3.41. The zero-order chi connectivity index (χ0) is 19.9. The molecule has 4 rings (SSSR count). The van der Waals surface area contributed by atoms with E-state index in [9.17, 15) is 18.0 Å². The van der Waals surface area contributed by atoms with E-state index in [0.717, 1.165) is 25.2 Å². The summed E-state index contributed by atoms with van der Waals surface area (Å²) >= 11 is 0. The van der Waals surface area contributed by atoms with Gasteiger partial charge in [-0.25, -0.2) is 9.97 Å². The second kappa shape index (κ2) is 7.06. The van der Waals surface area contributed by atoms with Crippen molar-refractivity contribution in [2.75, 3.05) is 18.0 Å². The lowest BCUT2D eigenvalue weighted by molar-refractivity contribution is -0.141. The van der Waals surface area contributed by atoms with Crippen LogP contribution in [0, 0.1) is 6.92 Å². The van der Waals surface area contributed by atoms with E-state index in [1.165, 1.54) is 6.20 Å². The second-order valence-electron chi connectivity index (χ2n) is 7.22. The van der Waals surface area contributed by atoms with E-state index in [4.69, 9.17) is 4.52 Å². The van der Waals surface area contributed by atoms with Gasteiger partial charge in [0.05, 0.1) is 6.20 Å². The molecule has 0 aromatic carbocycles. The Morgan fingerprint density at radius 1 is 1.18 bits per heavy atom. The maximum Gasteiger partial charge on any atom is 0.433 e. The lowest BCUT2D eigenvalue weighted by Gasteiger charge is -2.39. The van der Waals surface area contributed by atoms with Crippen LogP contribution in [-0.2, 0) is 6.18 Å². The molecule has 1 saturated heterocycles. The molecular weight excluding hydrogens is 375 g/mol. The van der Waals surface area contributed by atoms with E-state index >= 15 is 0 Å². The summed E-state index contributed by atoms with van der Waals surface area (Å²) in [6.45, 7) is 2.73. The van der Waals surface area contributed by atoms with Gasteiger partial charge in [0.1, 0.15) is 29.2 Å². The molecule has 2 fully saturated rings. The zero-order valence-corrected chi connectivity index (χ0v) is 15.3. The number of hydrogen-bond acceptors (Lipinski definition) is 6. The fourth-order valence-corrected chi connectivity index (χ4v) is 3.69. The number of halogens is 3. The summed E-state index contributed by atoms with van der Waals surface area (Å²) in [7, 11) is 0. The molecule has 1 aliphatic carbocycles. The number of rotatable bonds is 4. The van der Waals surface area contributed by atoms with E-state index < -0.39 is 11.9 Å². The fourth-order valence-electron chi connectivity index (χ4n) is 3.69. The number of aromatic nitrogens is 3. The molecule has 1 saturated carbocycles. The van der Waals surface area contributed by atoms with Gasteiger partial charge in [0.2, 0.25) is 0 Å². The molecule has 2 aromatic rings. The highest BCUT2D eigenvalue weighted by Crippen LogP contribution is 2.37. The molecule has 0 bridgehead atoms. The highest BCUT2D eigenvalue weighted by molar-refractivity contribution is 5.94. The van der Waals surface area contributed by atoms with Crippen LogP contribution < -0.4 is 4.90 Å². The fraction of sp³-hybridized carbons (Fsp3) is 0.556. The van der Waals surface area contributed by atoms with Gasteiger partial charge in [0.15, 0.2) is 0 Å². The molecule has 28 heavy (non-hydrogen) atoms. The standard InChI is InChI=1S/C18H20F3N5O2/c1-11-14(9-24-28-11)17(27)25-6-4-13(5-7-25)26(12-2-3-12)16-8-15(18(19,20)21)22-10-23-16/h8-10,12-13H,2-7H2,1H3. The van der Waals surface area contributed by atoms with Gasteiger partial charge in [-0.3, -0.25) is 4.79 Å². The number of piperidine rings is 1. The van der Waals surface area contributed by atoms with Crippen molar-refractivity contribution in [3.63, 3.8) is 0 Å². The molecule has 0 spiro atoms. The molecular formula is C18H20F3N5O2. The summed E-state index contributed by atoms with van der Waals surface area (Å²) < 4.78 is 44.1. The number of alkyl halides is 3. The lowest BCUT2D eigenvalue weighted by Crippen LogP contribution is -2.48. The van der Waals surface area contributed by atoms with Crippen LogP contribution in [-0.4, -0.2) is 51.1 Å². The summed E-state index contributed by atoms with van der Waals surface area (Å²) in [5, 5.41) is 3.64. The number of carbonyl (C=O) groups is 1. The highest BCUT2D eigenvalue weighted by atomic mass is 19.4. The Labute approximate surface area is 159 Å². The normalized spacial score (nSPS) is 18.4. The number of nitrogens with zero attached hydrogens (tertiary/aromatic N) is 5. The first kappa shape index (κ1) is 18.7. The van der Waals surface area contributed by atoms with E-state index in [2.05, 4.69) is 15.1 Å². The predicted molar refractivity (Wildman–Crippen MR) is 92.7 cm³/mol. The summed E-state index contributed by atoms with van der Waals surface area (Å²) in [5.74, 6) is 0.661. The second-order valence-corrected chi connectivity index (χ2v) is 7.22. The van der Waals surface area contributed by atoms with Gasteiger partial charge < -0.3 is 14.3 Å². The summed E-state index contributed by atoms with van der Waals surface area (Å²) in [6.07, 6.45) is 1.09. The predicted octanol–water partition coefficient (Wildman–Crippen LogP) is 3.07. The molecule has 150 valence electrons. The molecule has 10 heteroatoms. The monoisotopic (exact) mass is 395 g/mol. The molecule has 7 nitrogen and oxygen atoms in total. The SMILES string of the molecule is Cc1oncc1C(=O)N1CCC(N(c2cc(C(F)(F)F)ncn2)C2CC2)CC1. The number of likely N-dealkylation sites (tertiary alicyclic amines) is 1. The minimum atomic E-state index is -4.50. The molecule has 1 amide bonds. The first-order valence-corrected chi connectivity index (χ1v) is 9.22. The Hall–Kier alpha value is -2.65. The topological polar surface area (TPSA) is 75.4 Å². The number of carbonyl (C=O) groups excluding carboxylic acids is 1. The first-order valence-electron chi connectivity index (χ1n) is 9.22. The minimum absolute atomic E-state index is 0.0381. The van der Waals surface area contributed by atoms with E-state index in [0.29, 0.717) is 43.1 Å². The van der Waals surface area contributed by atoms with Gasteiger partial charge in [-0.1, -0.05) is 5.16 Å². The van der Waals surface area contributed by atoms with Gasteiger partial charge in [0, 0.05) is 31.2 Å². The maximum absolute atomic E-state index is 13.0. The Bertz CT molecular complexity index is 857. The molecule has 3 heterocycles. The van der Waals surface area contributed by atoms with Crippen molar-refractivity contribution in [1.29, 1.82) is 0 Å². The van der Waals surface area contributed by atoms with Crippen LogP contribution in [0.2, 0.25) is 0 Å². The first-order chi connectivity index (χ1) is 13.3. The Morgan fingerprint density at radius 2 is 1.86 bits per heavy atom. The van der Waals surface area contributed by atoms with Crippen LogP contribution in [0.15, 0.2) is 23.1 Å². The van der Waals surface area contributed by atoms with E-state index in [1.807, 2.05) is 4.90 Å². The third kappa shape index (κ3) is 3.67. The van der Waals surface area contributed by atoms with Crippen LogP contribution in [0.25, 0.3) is 0 Å². The third-order valence-corrected chi connectivity index (χ3v) is 5.27. The van der Waals surface area contributed by atoms with Crippen molar-refractivity contribution in [1.82, 2.24) is 20.0 Å². The summed E-state index contributed by atoms with van der Waals surface area (Å²) in [6, 6.07) is 1.26. The zero-order valence-electron chi connectivity index (χ0n) is 15.3. The molecule has 0 unspecified atom stereocenters. The lowest BCUT2D eigenvalue weighted by atomic mass is 10.0. The summed E-state index contributed by atoms with van der Waals surface area (Å²) in [4.78, 5) is 23.8. The quantitative estimate of drug-likeness (QED) is 0.792. The summed E-state index contributed by atoms with van der Waals surface area (Å²) in [5.41, 5.74) is -0.484. The molecule has 2 aromatic heterocycles. The molecule has 0 N–H and O–H groups in total. The molecule has 0 radical (unpaired) electrons. The van der Waals surface area contributed by atoms with Crippen LogP contribution >= 0.6 is 0 Å². The Kier molecular flexibility index (Phi) is 4.72. The van der Waals surface area contributed by atoms with Gasteiger partial charge >= 0.3 is 6.18 Å². The van der Waals surface area contributed by atoms with E-state index in [1.54, 1.807) is 11.8 Å². The van der Waals surface area contributed by atoms with Gasteiger partial charge in [0.25, 0.3) is 5.91 Å². The van der Waals surface area contributed by atoms with Crippen molar-refractivity contribution in [3.8, 4) is 0 Å². The van der Waals surface area contributed by atoms with Gasteiger partial charge in [-0.05, 0) is 32.6 Å². The molecule has 1 aliphatic heterocycles.